The molecule has 15 heavy (non-hydrogen) atoms. The van der Waals surface area contributed by atoms with Crippen molar-refractivity contribution >= 4 is 5.95 Å². The second-order valence-corrected chi connectivity index (χ2v) is 3.98. The summed E-state index contributed by atoms with van der Waals surface area (Å²) >= 11 is 0. The molecule has 1 atom stereocenters. The van der Waals surface area contributed by atoms with Crippen molar-refractivity contribution in [1.29, 1.82) is 0 Å². The van der Waals surface area contributed by atoms with Crippen molar-refractivity contribution in [3.8, 4) is 0 Å². The van der Waals surface area contributed by atoms with Gasteiger partial charge in [0.25, 0.3) is 0 Å². The van der Waals surface area contributed by atoms with Gasteiger partial charge in [-0.15, -0.1) is 0 Å². The van der Waals surface area contributed by atoms with Crippen molar-refractivity contribution in [2.24, 2.45) is 0 Å². The zero-order valence-corrected chi connectivity index (χ0v) is 8.66. The molecule has 1 aliphatic rings. The van der Waals surface area contributed by atoms with Gasteiger partial charge in [-0.25, -0.2) is 14.4 Å². The Labute approximate surface area is 87.9 Å². The number of hydrogen-bond donors (Lipinski definition) is 1. The normalized spacial score (nSPS) is 25.5. The minimum absolute atomic E-state index is 0.141. The van der Waals surface area contributed by atoms with Crippen LogP contribution in [0.25, 0.3) is 0 Å². The third kappa shape index (κ3) is 2.62. The van der Waals surface area contributed by atoms with E-state index >= 15 is 0 Å². The summed E-state index contributed by atoms with van der Waals surface area (Å²) in [6.45, 7) is 3.51. The molecule has 2 rings (SSSR count). The Morgan fingerprint density at radius 2 is 2.27 bits per heavy atom. The van der Waals surface area contributed by atoms with Gasteiger partial charge in [-0.2, -0.15) is 0 Å². The van der Waals surface area contributed by atoms with Crippen LogP contribution in [0, 0.1) is 5.82 Å². The quantitative estimate of drug-likeness (QED) is 0.824. The van der Waals surface area contributed by atoms with Gasteiger partial charge in [0, 0.05) is 13.2 Å². The molecule has 4 nitrogen and oxygen atoms in total. The molecule has 2 heterocycles. The second-order valence-electron chi connectivity index (χ2n) is 3.98. The largest absolute Gasteiger partial charge is 0.373 e. The molecule has 1 N–H and O–H groups in total. The molecular formula is C10H14FN3O. The maximum absolute atomic E-state index is 12.5. The zero-order chi connectivity index (χ0) is 10.7. The summed E-state index contributed by atoms with van der Waals surface area (Å²) in [7, 11) is 0. The van der Waals surface area contributed by atoms with Crippen molar-refractivity contribution in [1.82, 2.24) is 9.97 Å². The van der Waals surface area contributed by atoms with Gasteiger partial charge < -0.3 is 10.1 Å². The van der Waals surface area contributed by atoms with Crippen LogP contribution in [0.15, 0.2) is 12.4 Å². The third-order valence-corrected chi connectivity index (χ3v) is 2.54. The van der Waals surface area contributed by atoms with Gasteiger partial charge in [0.2, 0.25) is 5.95 Å². The highest BCUT2D eigenvalue weighted by atomic mass is 19.1. The minimum atomic E-state index is -0.427. The van der Waals surface area contributed by atoms with E-state index in [1.54, 1.807) is 0 Å². The van der Waals surface area contributed by atoms with Crippen LogP contribution in [-0.4, -0.2) is 28.7 Å². The van der Waals surface area contributed by atoms with Gasteiger partial charge in [-0.3, -0.25) is 0 Å². The average Bonchev–Trinajstić information content (AvgIpc) is 2.65. The van der Waals surface area contributed by atoms with E-state index in [1.807, 2.05) is 0 Å². The highest BCUT2D eigenvalue weighted by Gasteiger charge is 2.29. The summed E-state index contributed by atoms with van der Waals surface area (Å²) in [6.07, 6.45) is 4.41. The molecule has 0 amide bonds. The number of nitrogens with zero attached hydrogens (tertiary/aromatic N) is 2. The number of anilines is 1. The minimum Gasteiger partial charge on any atom is -0.373 e. The molecule has 0 radical (unpaired) electrons. The fourth-order valence-corrected chi connectivity index (χ4v) is 1.65. The van der Waals surface area contributed by atoms with E-state index in [0.29, 0.717) is 12.5 Å². The summed E-state index contributed by atoms with van der Waals surface area (Å²) in [5.74, 6) is 0.0111. The van der Waals surface area contributed by atoms with E-state index in [9.17, 15) is 4.39 Å². The highest BCUT2D eigenvalue weighted by Crippen LogP contribution is 2.24. The Morgan fingerprint density at radius 1 is 1.53 bits per heavy atom. The fraction of sp³-hybridized carbons (Fsp3) is 0.600. The first-order valence-corrected chi connectivity index (χ1v) is 5.03. The Kier molecular flexibility index (Phi) is 2.81. The molecule has 5 heteroatoms. The number of hydrogen-bond acceptors (Lipinski definition) is 4. The van der Waals surface area contributed by atoms with Crippen LogP contribution in [0.3, 0.4) is 0 Å². The monoisotopic (exact) mass is 211 g/mol. The lowest BCUT2D eigenvalue weighted by Crippen LogP contribution is -2.33. The Bertz CT molecular complexity index is 322. The summed E-state index contributed by atoms with van der Waals surface area (Å²) in [5, 5.41) is 3.04. The average molecular weight is 211 g/mol. The molecule has 0 saturated carbocycles. The topological polar surface area (TPSA) is 47.0 Å². The number of nitrogens with one attached hydrogen (secondary N) is 1. The lowest BCUT2D eigenvalue weighted by atomic mass is 10.0. The highest BCUT2D eigenvalue weighted by molar-refractivity contribution is 5.23. The maximum Gasteiger partial charge on any atom is 0.222 e. The van der Waals surface area contributed by atoms with Crippen LogP contribution in [0.1, 0.15) is 19.8 Å². The summed E-state index contributed by atoms with van der Waals surface area (Å²) < 4.78 is 18.1. The number of rotatable bonds is 3. The third-order valence-electron chi connectivity index (χ3n) is 2.54. The molecule has 1 aromatic rings. The Balaban J connectivity index is 1.90. The summed E-state index contributed by atoms with van der Waals surface area (Å²) in [5.41, 5.74) is -0.141. The van der Waals surface area contributed by atoms with E-state index in [-0.39, 0.29) is 5.60 Å². The zero-order valence-electron chi connectivity index (χ0n) is 8.66. The molecular weight excluding hydrogens is 197 g/mol. The predicted molar refractivity (Wildman–Crippen MR) is 54.1 cm³/mol. The van der Waals surface area contributed by atoms with Crippen molar-refractivity contribution < 1.29 is 9.13 Å². The standard InChI is InChI=1S/C10H14FN3O/c1-10(3-2-4-15-10)7-14-9-12-5-8(11)6-13-9/h5-6H,2-4,7H2,1H3,(H,12,13,14). The SMILES string of the molecule is CC1(CNc2ncc(F)cn2)CCCO1. The number of halogens is 1. The van der Waals surface area contributed by atoms with Gasteiger partial charge in [0.05, 0.1) is 18.0 Å². The second kappa shape index (κ2) is 4.10. The van der Waals surface area contributed by atoms with Crippen molar-refractivity contribution in [2.75, 3.05) is 18.5 Å². The first kappa shape index (κ1) is 10.3. The molecule has 0 spiro atoms. The van der Waals surface area contributed by atoms with Crippen molar-refractivity contribution in [3.05, 3.63) is 18.2 Å². The van der Waals surface area contributed by atoms with Crippen LogP contribution in [-0.2, 0) is 4.74 Å². The Hall–Kier alpha value is -1.23. The van der Waals surface area contributed by atoms with E-state index in [2.05, 4.69) is 22.2 Å². The lowest BCUT2D eigenvalue weighted by molar-refractivity contribution is 0.0314. The Morgan fingerprint density at radius 3 is 2.87 bits per heavy atom. The smallest absolute Gasteiger partial charge is 0.222 e. The fourth-order valence-electron chi connectivity index (χ4n) is 1.65. The lowest BCUT2D eigenvalue weighted by Gasteiger charge is -2.23. The van der Waals surface area contributed by atoms with E-state index in [4.69, 9.17) is 4.74 Å². The van der Waals surface area contributed by atoms with Crippen molar-refractivity contribution in [2.45, 2.75) is 25.4 Å². The maximum atomic E-state index is 12.5. The van der Waals surface area contributed by atoms with E-state index in [0.717, 1.165) is 31.8 Å². The molecule has 1 aromatic heterocycles. The van der Waals surface area contributed by atoms with Crippen LogP contribution < -0.4 is 5.32 Å². The molecule has 0 aliphatic carbocycles. The van der Waals surface area contributed by atoms with Gasteiger partial charge in [0.15, 0.2) is 5.82 Å². The molecule has 1 saturated heterocycles. The van der Waals surface area contributed by atoms with Crippen molar-refractivity contribution in [3.63, 3.8) is 0 Å². The molecule has 0 aromatic carbocycles. The van der Waals surface area contributed by atoms with Gasteiger partial charge >= 0.3 is 0 Å². The van der Waals surface area contributed by atoms with Gasteiger partial charge in [-0.05, 0) is 19.8 Å². The molecule has 1 fully saturated rings. The molecule has 0 bridgehead atoms. The summed E-state index contributed by atoms with van der Waals surface area (Å²) in [6, 6.07) is 0. The predicted octanol–water partition coefficient (Wildman–Crippen LogP) is 1.60. The molecule has 82 valence electrons. The van der Waals surface area contributed by atoms with Crippen LogP contribution in [0.4, 0.5) is 10.3 Å². The van der Waals surface area contributed by atoms with Crippen LogP contribution in [0.5, 0.6) is 0 Å². The van der Waals surface area contributed by atoms with Gasteiger partial charge in [-0.1, -0.05) is 0 Å². The molecule has 1 aliphatic heterocycles. The number of ether oxygens (including phenoxy) is 1. The first-order valence-electron chi connectivity index (χ1n) is 5.03. The number of aromatic nitrogens is 2. The van der Waals surface area contributed by atoms with Crippen LogP contribution >= 0.6 is 0 Å². The van der Waals surface area contributed by atoms with E-state index in [1.165, 1.54) is 0 Å². The summed E-state index contributed by atoms with van der Waals surface area (Å²) in [4.78, 5) is 7.64. The molecule has 1 unspecified atom stereocenters. The first-order chi connectivity index (χ1) is 7.18. The van der Waals surface area contributed by atoms with Gasteiger partial charge in [0.1, 0.15) is 0 Å². The van der Waals surface area contributed by atoms with Crippen LogP contribution in [0.2, 0.25) is 0 Å². The van der Waals surface area contributed by atoms with E-state index < -0.39 is 5.82 Å².